The quantitative estimate of drug-likeness (QED) is 0.293. The lowest BCUT2D eigenvalue weighted by Gasteiger charge is -2.14. The first-order valence-corrected chi connectivity index (χ1v) is 10.7. The van der Waals surface area contributed by atoms with Gasteiger partial charge in [-0.1, -0.05) is 93.4 Å². The van der Waals surface area contributed by atoms with E-state index in [9.17, 15) is 0 Å². The molecule has 0 atom stereocenters. The molecule has 0 spiro atoms. The van der Waals surface area contributed by atoms with E-state index in [1.54, 1.807) is 6.07 Å². The number of hydrogen-bond donors (Lipinski definition) is 0. The minimum Gasteiger partial charge on any atom is -0.0843 e. The van der Waals surface area contributed by atoms with Crippen molar-refractivity contribution >= 4 is 50.8 Å². The van der Waals surface area contributed by atoms with Crippen molar-refractivity contribution in [3.8, 4) is 11.1 Å². The highest BCUT2D eigenvalue weighted by Gasteiger charge is 2.11. The van der Waals surface area contributed by atoms with Crippen LogP contribution in [0.25, 0.3) is 38.7 Å². The van der Waals surface area contributed by atoms with E-state index >= 15 is 0 Å². The summed E-state index contributed by atoms with van der Waals surface area (Å²) in [6.45, 7) is 12.3. The van der Waals surface area contributed by atoms with Gasteiger partial charge in [0.25, 0.3) is 0 Å². The maximum atomic E-state index is 6.22. The summed E-state index contributed by atoms with van der Waals surface area (Å²) in [5.74, 6) is 0. The molecule has 0 radical (unpaired) electrons. The first-order chi connectivity index (χ1) is 13.6. The fourth-order valence-electron chi connectivity index (χ4n) is 3.55. The molecule has 4 aromatic carbocycles. The van der Waals surface area contributed by atoms with Crippen molar-refractivity contribution in [1.82, 2.24) is 0 Å². The van der Waals surface area contributed by atoms with E-state index in [-0.39, 0.29) is 0 Å². The Morgan fingerprint density at radius 2 is 1.32 bits per heavy atom. The second-order valence-corrected chi connectivity index (χ2v) is 6.99. The molecule has 146 valence electrons. The van der Waals surface area contributed by atoms with Gasteiger partial charge in [0.15, 0.2) is 0 Å². The summed E-state index contributed by atoms with van der Waals surface area (Å²) in [5, 5.41) is 7.70. The molecular weight excluding hydrogens is 383 g/mol. The molecule has 0 saturated heterocycles. The number of hydrogen-bond acceptors (Lipinski definition) is 0. The maximum Gasteiger partial charge on any atom is 0.0426 e. The summed E-state index contributed by atoms with van der Waals surface area (Å²) >= 11 is 12.4. The van der Waals surface area contributed by atoms with Gasteiger partial charge >= 0.3 is 0 Å². The Balaban J connectivity index is 0.000000660. The molecule has 0 bridgehead atoms. The van der Waals surface area contributed by atoms with Crippen molar-refractivity contribution in [2.75, 3.05) is 0 Å². The van der Waals surface area contributed by atoms with Crippen molar-refractivity contribution < 1.29 is 0 Å². The van der Waals surface area contributed by atoms with Crippen LogP contribution in [0.5, 0.6) is 0 Å². The number of aryl methyl sites for hydroxylation is 1. The minimum atomic E-state index is 0.656. The van der Waals surface area contributed by atoms with Crippen LogP contribution in [0, 0.1) is 6.92 Å². The molecule has 0 fully saturated rings. The Morgan fingerprint density at radius 3 is 1.93 bits per heavy atom. The van der Waals surface area contributed by atoms with E-state index in [1.165, 1.54) is 32.3 Å². The second-order valence-electron chi connectivity index (χ2n) is 6.12. The van der Waals surface area contributed by atoms with E-state index in [0.29, 0.717) is 10.0 Å². The average Bonchev–Trinajstić information content (AvgIpc) is 2.72. The van der Waals surface area contributed by atoms with Crippen molar-refractivity contribution in [1.29, 1.82) is 0 Å². The van der Waals surface area contributed by atoms with Gasteiger partial charge in [-0.2, -0.15) is 0 Å². The third-order valence-corrected chi connectivity index (χ3v) is 5.07. The standard InChI is InChI=1S/C22H16Cl2.2C2H6/c1-3-14-6-9-20-19(16-10-17(23)12-18(24)11-16)8-7-15-5-4-13(2)21(14)22(15)20;2*1-2/h3-12H,1-2H3;2*1-2H3/b14-3-;;. The van der Waals surface area contributed by atoms with Crippen LogP contribution in [0.3, 0.4) is 0 Å². The van der Waals surface area contributed by atoms with E-state index in [0.717, 1.165) is 11.1 Å². The molecule has 0 saturated carbocycles. The van der Waals surface area contributed by atoms with Crippen LogP contribution >= 0.6 is 23.2 Å². The van der Waals surface area contributed by atoms with Crippen LogP contribution in [0.15, 0.2) is 54.6 Å². The predicted octanol–water partition coefficient (Wildman–Crippen LogP) is 8.85. The molecule has 4 rings (SSSR count). The van der Waals surface area contributed by atoms with E-state index in [4.69, 9.17) is 23.2 Å². The zero-order chi connectivity index (χ0) is 20.8. The number of halogens is 2. The number of rotatable bonds is 1. The SMILES string of the molecule is C/C=c1/ccc2c(-c3cc(Cl)cc(Cl)c3)ccc3ccc(C)c1c32.CC.CC. The molecule has 0 aliphatic rings. The van der Waals surface area contributed by atoms with Crippen LogP contribution in [-0.2, 0) is 0 Å². The van der Waals surface area contributed by atoms with Gasteiger partial charge in [0.2, 0.25) is 0 Å². The smallest absolute Gasteiger partial charge is 0.0426 e. The third-order valence-electron chi connectivity index (χ3n) is 4.64. The minimum absolute atomic E-state index is 0.656. The highest BCUT2D eigenvalue weighted by atomic mass is 35.5. The highest BCUT2D eigenvalue weighted by molar-refractivity contribution is 6.35. The average molecular weight is 411 g/mol. The van der Waals surface area contributed by atoms with Gasteiger partial charge < -0.3 is 0 Å². The van der Waals surface area contributed by atoms with Crippen LogP contribution in [0.2, 0.25) is 10.0 Å². The summed E-state index contributed by atoms with van der Waals surface area (Å²) in [5.41, 5.74) is 3.50. The van der Waals surface area contributed by atoms with Gasteiger partial charge in [0.05, 0.1) is 0 Å². The Kier molecular flexibility index (Phi) is 7.92. The molecule has 0 aliphatic heterocycles. The lowest BCUT2D eigenvalue weighted by Crippen LogP contribution is -2.03. The fraction of sp³-hybridized carbons (Fsp3) is 0.231. The van der Waals surface area contributed by atoms with Crippen molar-refractivity contribution in [2.24, 2.45) is 0 Å². The van der Waals surface area contributed by atoms with Gasteiger partial charge in [-0.25, -0.2) is 0 Å². The molecule has 4 aromatic rings. The Labute approximate surface area is 178 Å². The molecule has 0 unspecified atom stereocenters. The van der Waals surface area contributed by atoms with Crippen LogP contribution in [-0.4, -0.2) is 0 Å². The Bertz CT molecular complexity index is 1120. The molecule has 0 aliphatic carbocycles. The zero-order valence-corrected chi connectivity index (χ0v) is 19.0. The summed E-state index contributed by atoms with van der Waals surface area (Å²) in [6, 6.07) is 18.8. The van der Waals surface area contributed by atoms with Crippen LogP contribution < -0.4 is 5.22 Å². The first kappa shape index (κ1) is 22.3. The molecule has 0 nitrogen and oxygen atoms in total. The van der Waals surface area contributed by atoms with Gasteiger partial charge in [-0.05, 0) is 75.5 Å². The van der Waals surface area contributed by atoms with E-state index < -0.39 is 0 Å². The van der Waals surface area contributed by atoms with Crippen molar-refractivity contribution in [3.05, 3.63) is 75.4 Å². The largest absolute Gasteiger partial charge is 0.0843 e. The maximum absolute atomic E-state index is 6.22. The summed E-state index contributed by atoms with van der Waals surface area (Å²) in [6.07, 6.45) is 2.17. The molecular formula is C26H28Cl2. The number of benzene rings is 4. The lowest BCUT2D eigenvalue weighted by atomic mass is 9.90. The molecule has 2 heteroatoms. The Morgan fingerprint density at radius 1 is 0.714 bits per heavy atom. The molecule has 0 aromatic heterocycles. The van der Waals surface area contributed by atoms with E-state index in [2.05, 4.69) is 56.3 Å². The van der Waals surface area contributed by atoms with Crippen molar-refractivity contribution in [2.45, 2.75) is 41.5 Å². The van der Waals surface area contributed by atoms with E-state index in [1.807, 2.05) is 39.8 Å². The van der Waals surface area contributed by atoms with Gasteiger partial charge in [0.1, 0.15) is 0 Å². The zero-order valence-electron chi connectivity index (χ0n) is 17.5. The lowest BCUT2D eigenvalue weighted by molar-refractivity contribution is 1.50. The Hall–Kier alpha value is -2.02. The molecule has 0 heterocycles. The van der Waals surface area contributed by atoms with Gasteiger partial charge in [0, 0.05) is 10.0 Å². The van der Waals surface area contributed by atoms with Gasteiger partial charge in [-0.15, -0.1) is 0 Å². The van der Waals surface area contributed by atoms with Crippen LogP contribution in [0.4, 0.5) is 0 Å². The highest BCUT2D eigenvalue weighted by Crippen LogP contribution is 2.36. The molecule has 0 amide bonds. The van der Waals surface area contributed by atoms with Crippen LogP contribution in [0.1, 0.15) is 40.2 Å². The summed E-state index contributed by atoms with van der Waals surface area (Å²) in [7, 11) is 0. The second kappa shape index (κ2) is 9.96. The molecule has 0 N–H and O–H groups in total. The summed E-state index contributed by atoms with van der Waals surface area (Å²) in [4.78, 5) is 0. The normalized spacial score (nSPS) is 11.1. The first-order valence-electron chi connectivity index (χ1n) is 9.96. The topological polar surface area (TPSA) is 0 Å². The predicted molar refractivity (Wildman–Crippen MR) is 130 cm³/mol. The fourth-order valence-corrected chi connectivity index (χ4v) is 4.08. The molecule has 28 heavy (non-hydrogen) atoms. The van der Waals surface area contributed by atoms with Crippen molar-refractivity contribution in [3.63, 3.8) is 0 Å². The monoisotopic (exact) mass is 410 g/mol. The summed E-state index contributed by atoms with van der Waals surface area (Å²) < 4.78 is 0. The van der Waals surface area contributed by atoms with Gasteiger partial charge in [-0.3, -0.25) is 0 Å². The third kappa shape index (κ3) is 4.19.